The lowest BCUT2D eigenvalue weighted by molar-refractivity contribution is -0.137. The third-order valence-electron chi connectivity index (χ3n) is 10.3. The van der Waals surface area contributed by atoms with Crippen LogP contribution >= 0.6 is 0 Å². The number of carbonyl (C=O) groups excluding carboxylic acids is 4. The van der Waals surface area contributed by atoms with Crippen molar-refractivity contribution < 1.29 is 45.5 Å². The van der Waals surface area contributed by atoms with E-state index in [2.05, 4.69) is 0 Å². The van der Waals surface area contributed by atoms with Gasteiger partial charge in [-0.2, -0.15) is 26.3 Å². The molecule has 0 saturated carbocycles. The molecule has 2 atom stereocenters. The van der Waals surface area contributed by atoms with E-state index in [1.807, 2.05) is 13.8 Å². The summed E-state index contributed by atoms with van der Waals surface area (Å²) in [5.74, 6) is -3.41. The van der Waals surface area contributed by atoms with Crippen LogP contribution in [0.25, 0.3) is 43.1 Å². The molecule has 0 aliphatic carbocycles. The summed E-state index contributed by atoms with van der Waals surface area (Å²) < 4.78 is 90.7. The van der Waals surface area contributed by atoms with E-state index in [4.69, 9.17) is 0 Å². The first-order valence-electron chi connectivity index (χ1n) is 16.7. The first-order chi connectivity index (χ1) is 23.5. The number of hydrogen-bond acceptors (Lipinski definition) is 4. The average molecular weight is 695 g/mol. The average Bonchev–Trinajstić information content (AvgIpc) is 3.05. The molecule has 12 heteroatoms. The number of alkyl halides is 6. The zero-order valence-electron chi connectivity index (χ0n) is 27.7. The molecule has 0 spiro atoms. The molecule has 6 nitrogen and oxygen atoms in total. The molecule has 4 amide bonds. The highest BCUT2D eigenvalue weighted by Gasteiger charge is 2.45. The SMILES string of the molecule is CCCCC(C)N1C(=O)c2ccc3c4c(C(F)(F)F)cc5c6c(ccc(c7c(C(F)(F)F)cc(c2c37)C1=O)c64)C(=O)N(C(C)CCCC)C5=O. The van der Waals surface area contributed by atoms with Crippen molar-refractivity contribution >= 4 is 66.7 Å². The fourth-order valence-corrected chi connectivity index (χ4v) is 8.01. The van der Waals surface area contributed by atoms with Crippen LogP contribution < -0.4 is 0 Å². The minimum Gasteiger partial charge on any atom is -0.272 e. The van der Waals surface area contributed by atoms with E-state index < -0.39 is 81.1 Å². The molecule has 5 aromatic rings. The molecule has 2 heterocycles. The van der Waals surface area contributed by atoms with Crippen LogP contribution in [0.15, 0.2) is 36.4 Å². The molecule has 0 N–H and O–H groups in total. The molecular formula is C38H32F6N2O4. The largest absolute Gasteiger partial charge is 0.417 e. The van der Waals surface area contributed by atoms with E-state index in [0.29, 0.717) is 37.8 Å². The molecule has 0 aromatic heterocycles. The predicted octanol–water partition coefficient (Wildman–Crippen LogP) is 10.1. The van der Waals surface area contributed by atoms with Crippen molar-refractivity contribution in [3.63, 3.8) is 0 Å². The molecule has 2 aliphatic rings. The molecule has 2 unspecified atom stereocenters. The van der Waals surface area contributed by atoms with Gasteiger partial charge in [0.25, 0.3) is 23.6 Å². The molecule has 50 heavy (non-hydrogen) atoms. The summed E-state index contributed by atoms with van der Waals surface area (Å²) in [4.78, 5) is 57.5. The summed E-state index contributed by atoms with van der Waals surface area (Å²) in [6.45, 7) is 7.09. The monoisotopic (exact) mass is 694 g/mol. The molecular weight excluding hydrogens is 662 g/mol. The number of benzene rings is 5. The highest BCUT2D eigenvalue weighted by atomic mass is 19.4. The van der Waals surface area contributed by atoms with Crippen LogP contribution in [-0.4, -0.2) is 45.5 Å². The predicted molar refractivity (Wildman–Crippen MR) is 177 cm³/mol. The lowest BCUT2D eigenvalue weighted by atomic mass is 9.79. The lowest BCUT2D eigenvalue weighted by Crippen LogP contribution is -2.46. The molecule has 0 radical (unpaired) electrons. The number of hydrogen-bond donors (Lipinski definition) is 0. The van der Waals surface area contributed by atoms with Crippen molar-refractivity contribution in [2.24, 2.45) is 0 Å². The van der Waals surface area contributed by atoms with Gasteiger partial charge < -0.3 is 0 Å². The van der Waals surface area contributed by atoms with Gasteiger partial charge in [0.05, 0.1) is 11.1 Å². The smallest absolute Gasteiger partial charge is 0.272 e. The van der Waals surface area contributed by atoms with Gasteiger partial charge in [0.2, 0.25) is 0 Å². The fourth-order valence-electron chi connectivity index (χ4n) is 8.01. The number of fused-ring (bicyclic) bond motifs is 2. The Kier molecular flexibility index (Phi) is 7.69. The number of unbranched alkanes of at least 4 members (excludes halogenated alkanes) is 2. The van der Waals surface area contributed by atoms with Crippen LogP contribution in [0.1, 0.15) is 119 Å². The quantitative estimate of drug-likeness (QED) is 0.0702. The molecule has 2 aliphatic heterocycles. The van der Waals surface area contributed by atoms with Gasteiger partial charge >= 0.3 is 12.4 Å². The van der Waals surface area contributed by atoms with E-state index in [1.54, 1.807) is 13.8 Å². The summed E-state index contributed by atoms with van der Waals surface area (Å²) >= 11 is 0. The molecule has 5 aromatic carbocycles. The Morgan fingerprint density at radius 1 is 0.520 bits per heavy atom. The number of halogens is 6. The first-order valence-corrected chi connectivity index (χ1v) is 16.7. The normalized spacial score (nSPS) is 16.6. The van der Waals surface area contributed by atoms with Crippen LogP contribution in [0.2, 0.25) is 0 Å². The van der Waals surface area contributed by atoms with E-state index in [9.17, 15) is 19.2 Å². The third-order valence-corrected chi connectivity index (χ3v) is 10.3. The van der Waals surface area contributed by atoms with Crippen LogP contribution in [0.3, 0.4) is 0 Å². The Bertz CT molecular complexity index is 2150. The zero-order valence-corrected chi connectivity index (χ0v) is 27.7. The Hall–Kier alpha value is -4.74. The maximum atomic E-state index is 15.1. The van der Waals surface area contributed by atoms with Crippen LogP contribution in [0.5, 0.6) is 0 Å². The van der Waals surface area contributed by atoms with Gasteiger partial charge in [-0.1, -0.05) is 51.7 Å². The van der Waals surface area contributed by atoms with Crippen molar-refractivity contribution in [3.8, 4) is 0 Å². The second-order valence-electron chi connectivity index (χ2n) is 13.5. The number of rotatable bonds is 8. The van der Waals surface area contributed by atoms with Crippen molar-refractivity contribution in [1.29, 1.82) is 0 Å². The summed E-state index contributed by atoms with van der Waals surface area (Å²) in [7, 11) is 0. The molecule has 0 fully saturated rings. The summed E-state index contributed by atoms with van der Waals surface area (Å²) in [6.07, 6.45) is -6.55. The third kappa shape index (κ3) is 4.62. The highest BCUT2D eigenvalue weighted by Crippen LogP contribution is 2.53. The Balaban J connectivity index is 1.66. The van der Waals surface area contributed by atoms with Gasteiger partial charge in [0.15, 0.2) is 0 Å². The van der Waals surface area contributed by atoms with Gasteiger partial charge in [-0.25, -0.2) is 0 Å². The lowest BCUT2D eigenvalue weighted by Gasteiger charge is -2.35. The zero-order chi connectivity index (χ0) is 36.2. The fraction of sp³-hybridized carbons (Fsp3) is 0.368. The van der Waals surface area contributed by atoms with Gasteiger partial charge in [0.1, 0.15) is 0 Å². The van der Waals surface area contributed by atoms with E-state index >= 15 is 26.3 Å². The number of carbonyl (C=O) groups is 4. The van der Waals surface area contributed by atoms with Gasteiger partial charge in [0, 0.05) is 55.9 Å². The minimum absolute atomic E-state index is 0.0960. The molecule has 7 rings (SSSR count). The minimum atomic E-state index is -5.09. The Morgan fingerprint density at radius 3 is 1.18 bits per heavy atom. The maximum Gasteiger partial charge on any atom is 0.417 e. The van der Waals surface area contributed by atoms with Crippen molar-refractivity contribution in [2.45, 2.75) is 90.7 Å². The Morgan fingerprint density at radius 2 is 0.860 bits per heavy atom. The van der Waals surface area contributed by atoms with E-state index in [1.165, 1.54) is 24.3 Å². The molecule has 0 bridgehead atoms. The number of imide groups is 2. The van der Waals surface area contributed by atoms with Crippen LogP contribution in [0, 0.1) is 0 Å². The summed E-state index contributed by atoms with van der Waals surface area (Å²) in [5.41, 5.74) is -3.60. The molecule has 0 saturated heterocycles. The highest BCUT2D eigenvalue weighted by molar-refractivity contribution is 6.42. The van der Waals surface area contributed by atoms with Crippen LogP contribution in [-0.2, 0) is 12.4 Å². The van der Waals surface area contributed by atoms with E-state index in [0.717, 1.165) is 22.6 Å². The Labute approximate surface area is 282 Å². The molecule has 260 valence electrons. The van der Waals surface area contributed by atoms with E-state index in [-0.39, 0.29) is 43.4 Å². The topological polar surface area (TPSA) is 74.8 Å². The summed E-state index contributed by atoms with van der Waals surface area (Å²) in [5, 5.41) is -2.50. The standard InChI is InChI=1S/C38H32F6N2O4/c1-5-7-9-17(3)45-33(47)21-13-11-19-30-26(38(42,43)44)16-24-28-22(34(48)46(36(24)50)18(4)10-8-6-2)14-12-20(32(28)30)29-25(37(39,40)41)15-23(35(45)49)27(21)31(19)29/h11-18H,5-10H2,1-4H3. The second kappa shape index (κ2) is 11.4. The first kappa shape index (κ1) is 33.7. The number of amides is 4. The maximum absolute atomic E-state index is 15.1. The van der Waals surface area contributed by atoms with Crippen LogP contribution in [0.4, 0.5) is 26.3 Å². The van der Waals surface area contributed by atoms with Crippen molar-refractivity contribution in [3.05, 3.63) is 69.8 Å². The van der Waals surface area contributed by atoms with Gasteiger partial charge in [-0.05, 0) is 72.5 Å². The van der Waals surface area contributed by atoms with Gasteiger partial charge in [-0.15, -0.1) is 0 Å². The van der Waals surface area contributed by atoms with Crippen molar-refractivity contribution in [2.75, 3.05) is 0 Å². The van der Waals surface area contributed by atoms with Gasteiger partial charge in [-0.3, -0.25) is 29.0 Å². The number of nitrogens with zero attached hydrogens (tertiary/aromatic N) is 2. The van der Waals surface area contributed by atoms with Crippen molar-refractivity contribution in [1.82, 2.24) is 9.80 Å². The second-order valence-corrected chi connectivity index (χ2v) is 13.5. The summed E-state index contributed by atoms with van der Waals surface area (Å²) in [6, 6.07) is 4.93.